The molecule has 0 fully saturated rings. The van der Waals surface area contributed by atoms with Gasteiger partial charge in [0.05, 0.1) is 20.6 Å². The Bertz CT molecular complexity index is 1350. The Morgan fingerprint density at radius 1 is 0.917 bits per heavy atom. The molecule has 0 radical (unpaired) electrons. The molecule has 0 aliphatic rings. The minimum Gasteiger partial charge on any atom is -0.357 e. The Balaban J connectivity index is 2.05. The van der Waals surface area contributed by atoms with Gasteiger partial charge < -0.3 is 10.2 Å². The Morgan fingerprint density at radius 2 is 1.61 bits per heavy atom. The normalized spacial score (nSPS) is 12.0. The Hall–Kier alpha value is -2.78. The molecule has 11 heteroatoms. The second kappa shape index (κ2) is 12.0. The van der Waals surface area contributed by atoms with Crippen molar-refractivity contribution in [3.8, 4) is 0 Å². The molecule has 2 amide bonds. The van der Waals surface area contributed by atoms with Crippen LogP contribution in [-0.4, -0.2) is 44.8 Å². The highest BCUT2D eigenvalue weighted by Crippen LogP contribution is 2.31. The van der Waals surface area contributed by atoms with Crippen molar-refractivity contribution in [3.63, 3.8) is 0 Å². The van der Waals surface area contributed by atoms with Gasteiger partial charge in [0, 0.05) is 18.6 Å². The number of rotatable bonds is 9. The number of carbonyl (C=O) groups excluding carboxylic acids is 2. The van der Waals surface area contributed by atoms with Crippen LogP contribution in [0.4, 0.5) is 5.69 Å². The van der Waals surface area contributed by atoms with E-state index in [1.165, 1.54) is 42.3 Å². The number of likely N-dealkylation sites (N-methyl/N-ethyl adjacent to an activating group) is 1. The molecular formula is C25H24Cl3N3O4S. The summed E-state index contributed by atoms with van der Waals surface area (Å²) in [7, 11) is -2.72. The Morgan fingerprint density at radius 3 is 2.22 bits per heavy atom. The van der Waals surface area contributed by atoms with Gasteiger partial charge >= 0.3 is 0 Å². The summed E-state index contributed by atoms with van der Waals surface area (Å²) in [6.07, 6.45) is 0. The molecule has 3 rings (SSSR count). The highest BCUT2D eigenvalue weighted by molar-refractivity contribution is 7.92. The number of amides is 2. The highest BCUT2D eigenvalue weighted by atomic mass is 35.5. The van der Waals surface area contributed by atoms with Crippen molar-refractivity contribution in [2.45, 2.75) is 24.4 Å². The van der Waals surface area contributed by atoms with Gasteiger partial charge in [0.15, 0.2) is 0 Å². The van der Waals surface area contributed by atoms with Crippen molar-refractivity contribution < 1.29 is 18.0 Å². The predicted molar refractivity (Wildman–Crippen MR) is 143 cm³/mol. The molecule has 1 unspecified atom stereocenters. The lowest BCUT2D eigenvalue weighted by molar-refractivity contribution is -0.139. The lowest BCUT2D eigenvalue weighted by atomic mass is 10.1. The molecule has 0 aromatic heterocycles. The number of benzene rings is 3. The number of carbonyl (C=O) groups is 2. The van der Waals surface area contributed by atoms with Crippen LogP contribution in [0.15, 0.2) is 77.7 Å². The van der Waals surface area contributed by atoms with Gasteiger partial charge in [0.2, 0.25) is 11.8 Å². The third kappa shape index (κ3) is 6.50. The van der Waals surface area contributed by atoms with E-state index in [0.29, 0.717) is 10.6 Å². The third-order valence-electron chi connectivity index (χ3n) is 5.46. The van der Waals surface area contributed by atoms with Crippen LogP contribution in [0.25, 0.3) is 0 Å². The van der Waals surface area contributed by atoms with Gasteiger partial charge in [-0.25, -0.2) is 8.42 Å². The molecule has 0 saturated carbocycles. The molecule has 1 N–H and O–H groups in total. The molecule has 3 aromatic carbocycles. The van der Waals surface area contributed by atoms with Gasteiger partial charge in [-0.1, -0.05) is 65.1 Å². The van der Waals surface area contributed by atoms with Gasteiger partial charge in [-0.2, -0.15) is 0 Å². The van der Waals surface area contributed by atoms with Crippen LogP contribution in [0.5, 0.6) is 0 Å². The molecule has 0 bridgehead atoms. The SMILES string of the molecule is CNC(=O)C(C)N(Cc1cccc(Cl)c1)C(=O)CN(c1ccc(Cl)c(Cl)c1)S(=O)(=O)c1ccccc1. The maximum atomic E-state index is 13.7. The van der Waals surface area contributed by atoms with Crippen molar-refractivity contribution in [1.82, 2.24) is 10.2 Å². The maximum absolute atomic E-state index is 13.7. The summed E-state index contributed by atoms with van der Waals surface area (Å²) in [4.78, 5) is 27.4. The number of anilines is 1. The first kappa shape index (κ1) is 27.8. The minimum absolute atomic E-state index is 0.00962. The summed E-state index contributed by atoms with van der Waals surface area (Å²) in [6.45, 7) is 1.02. The number of hydrogen-bond donors (Lipinski definition) is 1. The zero-order valence-corrected chi connectivity index (χ0v) is 22.6. The Labute approximate surface area is 225 Å². The summed E-state index contributed by atoms with van der Waals surface area (Å²) in [5, 5.41) is 3.36. The van der Waals surface area contributed by atoms with E-state index in [1.54, 1.807) is 49.4 Å². The topological polar surface area (TPSA) is 86.8 Å². The zero-order valence-electron chi connectivity index (χ0n) is 19.5. The number of sulfonamides is 1. The van der Waals surface area contributed by atoms with Crippen molar-refractivity contribution in [2.75, 3.05) is 17.9 Å². The van der Waals surface area contributed by atoms with E-state index in [1.807, 2.05) is 0 Å². The second-order valence-electron chi connectivity index (χ2n) is 7.86. The second-order valence-corrected chi connectivity index (χ2v) is 11.0. The summed E-state index contributed by atoms with van der Waals surface area (Å²) in [6, 6.07) is 18.0. The summed E-state index contributed by atoms with van der Waals surface area (Å²) in [5.74, 6) is -1.01. The summed E-state index contributed by atoms with van der Waals surface area (Å²) >= 11 is 18.3. The fourth-order valence-electron chi connectivity index (χ4n) is 3.51. The molecule has 0 saturated heterocycles. The monoisotopic (exact) mass is 567 g/mol. The molecule has 0 heterocycles. The van der Waals surface area contributed by atoms with Gasteiger partial charge in [0.1, 0.15) is 12.6 Å². The lowest BCUT2D eigenvalue weighted by Gasteiger charge is -2.32. The Kier molecular flexibility index (Phi) is 9.24. The molecule has 0 aliphatic carbocycles. The van der Waals surface area contributed by atoms with Crippen LogP contribution in [0.1, 0.15) is 12.5 Å². The first-order chi connectivity index (χ1) is 17.0. The first-order valence-electron chi connectivity index (χ1n) is 10.8. The number of nitrogens with one attached hydrogen (secondary N) is 1. The van der Waals surface area contributed by atoms with Crippen LogP contribution in [0, 0.1) is 0 Å². The molecule has 3 aromatic rings. The summed E-state index contributed by atoms with van der Waals surface area (Å²) < 4.78 is 28.2. The molecule has 36 heavy (non-hydrogen) atoms. The van der Waals surface area contributed by atoms with E-state index < -0.39 is 34.4 Å². The van der Waals surface area contributed by atoms with E-state index in [2.05, 4.69) is 5.32 Å². The van der Waals surface area contributed by atoms with Crippen molar-refractivity contribution in [2.24, 2.45) is 0 Å². The largest absolute Gasteiger partial charge is 0.357 e. The van der Waals surface area contributed by atoms with Gasteiger partial charge in [-0.3, -0.25) is 13.9 Å². The maximum Gasteiger partial charge on any atom is 0.264 e. The van der Waals surface area contributed by atoms with Crippen LogP contribution in [0.2, 0.25) is 15.1 Å². The van der Waals surface area contributed by atoms with Crippen LogP contribution in [-0.2, 0) is 26.2 Å². The average Bonchev–Trinajstić information content (AvgIpc) is 2.87. The van der Waals surface area contributed by atoms with Gasteiger partial charge in [-0.15, -0.1) is 0 Å². The number of nitrogens with zero attached hydrogens (tertiary/aromatic N) is 2. The van der Waals surface area contributed by atoms with Crippen LogP contribution in [0.3, 0.4) is 0 Å². The fourth-order valence-corrected chi connectivity index (χ4v) is 5.44. The molecular weight excluding hydrogens is 545 g/mol. The van der Waals surface area contributed by atoms with Crippen LogP contribution >= 0.6 is 34.8 Å². The zero-order chi connectivity index (χ0) is 26.5. The molecule has 190 valence electrons. The van der Waals surface area contributed by atoms with Gasteiger partial charge in [-0.05, 0) is 55.0 Å². The first-order valence-corrected chi connectivity index (χ1v) is 13.4. The molecule has 7 nitrogen and oxygen atoms in total. The fraction of sp³-hybridized carbons (Fsp3) is 0.200. The average molecular weight is 569 g/mol. The smallest absolute Gasteiger partial charge is 0.264 e. The van der Waals surface area contributed by atoms with E-state index in [9.17, 15) is 18.0 Å². The summed E-state index contributed by atoms with van der Waals surface area (Å²) in [5.41, 5.74) is 0.829. The quantitative estimate of drug-likeness (QED) is 0.393. The highest BCUT2D eigenvalue weighted by Gasteiger charge is 2.32. The van der Waals surface area contributed by atoms with Crippen molar-refractivity contribution >= 4 is 62.3 Å². The van der Waals surface area contributed by atoms with E-state index in [4.69, 9.17) is 34.8 Å². The minimum atomic E-state index is -4.18. The molecule has 0 aliphatic heterocycles. The lowest BCUT2D eigenvalue weighted by Crippen LogP contribution is -2.50. The van der Waals surface area contributed by atoms with Crippen LogP contribution < -0.4 is 9.62 Å². The van der Waals surface area contributed by atoms with Crippen molar-refractivity contribution in [3.05, 3.63) is 93.4 Å². The van der Waals surface area contributed by atoms with E-state index in [0.717, 1.165) is 4.31 Å². The number of hydrogen-bond acceptors (Lipinski definition) is 4. The van der Waals surface area contributed by atoms with Gasteiger partial charge in [0.25, 0.3) is 10.0 Å². The van der Waals surface area contributed by atoms with E-state index in [-0.39, 0.29) is 27.2 Å². The predicted octanol–water partition coefficient (Wildman–Crippen LogP) is 5.01. The third-order valence-corrected chi connectivity index (χ3v) is 8.22. The molecule has 0 spiro atoms. The number of halogens is 3. The molecule has 1 atom stereocenters. The van der Waals surface area contributed by atoms with E-state index >= 15 is 0 Å². The standard InChI is InChI=1S/C25H24Cl3N3O4S/c1-17(25(33)29-2)30(15-18-7-6-8-19(26)13-18)24(32)16-31(20-11-12-22(27)23(28)14-20)36(34,35)21-9-4-3-5-10-21/h3-14,17H,15-16H2,1-2H3,(H,29,33). The van der Waals surface area contributed by atoms with Crippen molar-refractivity contribution in [1.29, 1.82) is 0 Å².